The average molecular weight is 562 g/mol. The highest BCUT2D eigenvalue weighted by molar-refractivity contribution is 7.80. The van der Waals surface area contributed by atoms with Crippen LogP contribution in [0.5, 0.6) is 0 Å². The third-order valence-corrected chi connectivity index (χ3v) is 5.28. The largest absolute Gasteiger partial charge is 0.480 e. The Kier molecular flexibility index (Phi) is 16.6. The molecule has 0 aliphatic rings. The summed E-state index contributed by atoms with van der Waals surface area (Å²) in [5, 5.41) is 19.0. The number of nitrogens with one attached hydrogen (secondary N) is 4. The molecular weight excluding hydrogens is 522 g/mol. The number of hydrogen-bond donors (Lipinski definition) is 11. The summed E-state index contributed by atoms with van der Waals surface area (Å²) in [4.78, 5) is 68.7. The molecule has 0 aromatic rings. The number of rotatable bonds is 18. The van der Waals surface area contributed by atoms with Gasteiger partial charge in [-0.2, -0.15) is 12.6 Å². The number of carbonyl (C=O) groups excluding carboxylic acids is 4. The van der Waals surface area contributed by atoms with Crippen LogP contribution in [0.2, 0.25) is 0 Å². The number of thiol groups is 1. The van der Waals surface area contributed by atoms with E-state index < -0.39 is 53.8 Å². The molecular formula is C20H39N11O6S. The summed E-state index contributed by atoms with van der Waals surface area (Å²) < 4.78 is 0. The number of carboxylic acid groups (broad SMARTS) is 1. The van der Waals surface area contributed by atoms with Crippen LogP contribution in [0.25, 0.3) is 0 Å². The van der Waals surface area contributed by atoms with Gasteiger partial charge in [0.2, 0.25) is 23.6 Å². The number of nitrogens with two attached hydrogens (primary N) is 5. The zero-order chi connectivity index (χ0) is 29.3. The monoisotopic (exact) mass is 561 g/mol. The Labute approximate surface area is 225 Å². The maximum atomic E-state index is 12.7. The summed E-state index contributed by atoms with van der Waals surface area (Å²) in [5.41, 5.74) is 26.3. The number of carbonyl (C=O) groups is 5. The van der Waals surface area contributed by atoms with Crippen molar-refractivity contribution in [2.45, 2.75) is 56.8 Å². The van der Waals surface area contributed by atoms with Gasteiger partial charge in [0.15, 0.2) is 11.9 Å². The van der Waals surface area contributed by atoms with Gasteiger partial charge in [-0.1, -0.05) is 0 Å². The van der Waals surface area contributed by atoms with Gasteiger partial charge in [0, 0.05) is 18.8 Å². The predicted octanol–water partition coefficient (Wildman–Crippen LogP) is -4.97. The van der Waals surface area contributed by atoms with Crippen LogP contribution in [-0.2, 0) is 24.0 Å². The van der Waals surface area contributed by atoms with Crippen LogP contribution < -0.4 is 49.9 Å². The zero-order valence-corrected chi connectivity index (χ0v) is 22.1. The maximum absolute atomic E-state index is 12.7. The molecule has 18 heteroatoms. The van der Waals surface area contributed by atoms with E-state index in [0.29, 0.717) is 6.42 Å². The Balaban J connectivity index is 5.09. The van der Waals surface area contributed by atoms with Crippen molar-refractivity contribution in [2.24, 2.45) is 38.7 Å². The molecule has 0 heterocycles. The van der Waals surface area contributed by atoms with Crippen molar-refractivity contribution >= 4 is 54.1 Å². The quantitative estimate of drug-likeness (QED) is 0.0326. The average Bonchev–Trinajstić information content (AvgIpc) is 2.84. The van der Waals surface area contributed by atoms with Crippen molar-refractivity contribution in [2.75, 3.05) is 25.4 Å². The molecule has 0 fully saturated rings. The minimum Gasteiger partial charge on any atom is -0.480 e. The van der Waals surface area contributed by atoms with Crippen molar-refractivity contribution in [1.82, 2.24) is 21.3 Å². The molecule has 0 aromatic carbocycles. The van der Waals surface area contributed by atoms with Crippen LogP contribution >= 0.6 is 12.6 Å². The zero-order valence-electron chi connectivity index (χ0n) is 21.2. The first-order valence-electron chi connectivity index (χ1n) is 11.7. The lowest BCUT2D eigenvalue weighted by Gasteiger charge is -2.23. The molecule has 0 radical (unpaired) electrons. The molecule has 4 amide bonds. The highest BCUT2D eigenvalue weighted by Gasteiger charge is 2.28. The van der Waals surface area contributed by atoms with Gasteiger partial charge in [-0.3, -0.25) is 29.2 Å². The Hall–Kier alpha value is -3.80. The molecule has 15 N–H and O–H groups in total. The number of aliphatic carboxylic acids is 1. The Morgan fingerprint density at radius 2 is 1.24 bits per heavy atom. The minimum atomic E-state index is -1.28. The standard InChI is InChI=1S/C20H39N11O6S/c1-10(28-16(34)11(29-14(32)8-21)4-2-6-26-19(22)23)15(33)31-13(9-38)17(35)30-12(18(36)37)5-3-7-27-20(24)25/h10-13,38H,2-9,21H2,1H3,(H,28,34)(H,29,32)(H,30,35)(H,31,33)(H,36,37)(H4,22,23,26)(H4,24,25,27)/t10-,11-,12-,13+/m0/s1. The van der Waals surface area contributed by atoms with Crippen molar-refractivity contribution in [3.63, 3.8) is 0 Å². The molecule has 38 heavy (non-hydrogen) atoms. The van der Waals surface area contributed by atoms with E-state index in [0.717, 1.165) is 0 Å². The number of amides is 4. The van der Waals surface area contributed by atoms with E-state index in [1.165, 1.54) is 6.92 Å². The number of carboxylic acids is 1. The molecule has 216 valence electrons. The third kappa shape index (κ3) is 14.7. The Morgan fingerprint density at radius 1 is 0.763 bits per heavy atom. The molecule has 0 aliphatic heterocycles. The lowest BCUT2D eigenvalue weighted by molar-refractivity contribution is -0.142. The van der Waals surface area contributed by atoms with E-state index in [1.807, 2.05) is 0 Å². The predicted molar refractivity (Wildman–Crippen MR) is 144 cm³/mol. The normalized spacial score (nSPS) is 13.6. The van der Waals surface area contributed by atoms with Crippen LogP contribution in [-0.4, -0.2) is 96.2 Å². The van der Waals surface area contributed by atoms with E-state index >= 15 is 0 Å². The van der Waals surface area contributed by atoms with Crippen LogP contribution in [0.3, 0.4) is 0 Å². The molecule has 0 saturated carbocycles. The van der Waals surface area contributed by atoms with Gasteiger partial charge in [0.05, 0.1) is 6.54 Å². The summed E-state index contributed by atoms with van der Waals surface area (Å²) >= 11 is 4.05. The number of guanidine groups is 2. The van der Waals surface area contributed by atoms with Crippen molar-refractivity contribution in [3.05, 3.63) is 0 Å². The maximum Gasteiger partial charge on any atom is 0.326 e. The summed E-state index contributed by atoms with van der Waals surface area (Å²) in [6, 6.07) is -4.59. The van der Waals surface area contributed by atoms with Crippen LogP contribution in [0.15, 0.2) is 9.98 Å². The molecule has 0 saturated heterocycles. The van der Waals surface area contributed by atoms with Crippen molar-refractivity contribution in [3.8, 4) is 0 Å². The minimum absolute atomic E-state index is 0.0383. The van der Waals surface area contributed by atoms with Gasteiger partial charge in [-0.05, 0) is 32.6 Å². The molecule has 0 bridgehead atoms. The number of nitrogens with zero attached hydrogens (tertiary/aromatic N) is 2. The first kappa shape index (κ1) is 34.2. The molecule has 0 aromatic heterocycles. The van der Waals surface area contributed by atoms with E-state index in [4.69, 9.17) is 28.7 Å². The second-order valence-corrected chi connectivity index (χ2v) is 8.46. The van der Waals surface area contributed by atoms with E-state index in [2.05, 4.69) is 43.9 Å². The van der Waals surface area contributed by atoms with Gasteiger partial charge in [0.25, 0.3) is 0 Å². The first-order valence-corrected chi connectivity index (χ1v) is 12.3. The van der Waals surface area contributed by atoms with Gasteiger partial charge < -0.3 is 55.0 Å². The molecule has 0 rings (SSSR count). The lowest BCUT2D eigenvalue weighted by Crippen LogP contribution is -2.57. The fraction of sp³-hybridized carbons (Fsp3) is 0.650. The summed E-state index contributed by atoms with van der Waals surface area (Å²) in [6.45, 7) is 1.40. The Morgan fingerprint density at radius 3 is 1.68 bits per heavy atom. The first-order chi connectivity index (χ1) is 17.8. The van der Waals surface area contributed by atoms with Crippen molar-refractivity contribution in [1.29, 1.82) is 0 Å². The van der Waals surface area contributed by atoms with Gasteiger partial charge >= 0.3 is 5.97 Å². The molecule has 0 unspecified atom stereocenters. The summed E-state index contributed by atoms with van der Waals surface area (Å²) in [7, 11) is 0. The number of aliphatic imine (C=N–C) groups is 2. The highest BCUT2D eigenvalue weighted by atomic mass is 32.1. The van der Waals surface area contributed by atoms with Crippen LogP contribution in [0, 0.1) is 0 Å². The van der Waals surface area contributed by atoms with Gasteiger partial charge in [0.1, 0.15) is 24.2 Å². The highest BCUT2D eigenvalue weighted by Crippen LogP contribution is 2.02. The molecule has 4 atom stereocenters. The summed E-state index contributed by atoms with van der Waals surface area (Å²) in [6.07, 6.45) is 0.824. The van der Waals surface area contributed by atoms with Crippen LogP contribution in [0.1, 0.15) is 32.6 Å². The SMILES string of the molecule is C[C@H](NC(=O)[C@H](CCCN=C(N)N)NC(=O)CN)C(=O)N[C@H](CS)C(=O)N[C@@H](CCCN=C(N)N)C(=O)O. The molecule has 0 aliphatic carbocycles. The third-order valence-electron chi connectivity index (χ3n) is 4.91. The smallest absolute Gasteiger partial charge is 0.326 e. The van der Waals surface area contributed by atoms with E-state index in [-0.39, 0.29) is 56.6 Å². The Bertz CT molecular complexity index is 878. The van der Waals surface area contributed by atoms with Crippen molar-refractivity contribution < 1.29 is 29.1 Å². The number of hydrogen-bond acceptors (Lipinski definition) is 9. The second kappa shape index (κ2) is 18.4. The van der Waals surface area contributed by atoms with E-state index in [1.54, 1.807) is 0 Å². The molecule has 0 spiro atoms. The fourth-order valence-corrected chi connectivity index (χ4v) is 3.19. The van der Waals surface area contributed by atoms with Gasteiger partial charge in [-0.25, -0.2) is 4.79 Å². The second-order valence-electron chi connectivity index (χ2n) is 8.10. The van der Waals surface area contributed by atoms with Gasteiger partial charge in [-0.15, -0.1) is 0 Å². The summed E-state index contributed by atoms with van der Waals surface area (Å²) in [5.74, 6) is -4.47. The lowest BCUT2D eigenvalue weighted by atomic mass is 10.1. The topological polar surface area (TPSA) is 309 Å². The fourth-order valence-electron chi connectivity index (χ4n) is 2.93. The molecule has 17 nitrogen and oxygen atoms in total. The van der Waals surface area contributed by atoms with Crippen LogP contribution in [0.4, 0.5) is 0 Å². The van der Waals surface area contributed by atoms with E-state index in [9.17, 15) is 29.1 Å².